The molecule has 2 amide bonds. The number of carbonyl (C=O) groups is 1. The van der Waals surface area contributed by atoms with Gasteiger partial charge in [0.1, 0.15) is 0 Å². The van der Waals surface area contributed by atoms with Crippen molar-refractivity contribution in [3.05, 3.63) is 108 Å². The van der Waals surface area contributed by atoms with Crippen LogP contribution < -0.4 is 36.0 Å². The van der Waals surface area contributed by atoms with Gasteiger partial charge in [-0.1, -0.05) is 49.2 Å². The van der Waals surface area contributed by atoms with E-state index in [4.69, 9.17) is 5.73 Å². The summed E-state index contributed by atoms with van der Waals surface area (Å²) in [7, 11) is 0. The number of benzene rings is 4. The molecule has 4 aromatic carbocycles. The lowest BCUT2D eigenvalue weighted by molar-refractivity contribution is 0.249. The Morgan fingerprint density at radius 1 is 0.636 bits per heavy atom. The number of piperazine rings is 2. The van der Waals surface area contributed by atoms with Gasteiger partial charge in [-0.2, -0.15) is 0 Å². The number of amides is 2. The van der Waals surface area contributed by atoms with Crippen molar-refractivity contribution in [1.29, 1.82) is 0 Å². The van der Waals surface area contributed by atoms with Crippen LogP contribution in [0, 0.1) is 13.8 Å². The third-order valence-electron chi connectivity index (χ3n) is 9.96. The Hall–Kier alpha value is -5.18. The Labute approximate surface area is 335 Å². The zero-order valence-electron chi connectivity index (χ0n) is 33.5. The molecular formula is C44H61ClN8O2. The minimum Gasteiger partial charge on any atom is -0.399 e. The summed E-state index contributed by atoms with van der Waals surface area (Å²) in [5, 5.41) is 5.81. The first kappa shape index (κ1) is 44.2. The van der Waals surface area contributed by atoms with Crippen LogP contribution in [-0.4, -0.2) is 76.6 Å². The first-order valence-electron chi connectivity index (χ1n) is 19.3. The molecule has 6 rings (SSSR count). The Kier molecular flexibility index (Phi) is 18.4. The normalized spacial score (nSPS) is 14.7. The Morgan fingerprint density at radius 2 is 0.982 bits per heavy atom. The van der Waals surface area contributed by atoms with Gasteiger partial charge >= 0.3 is 6.03 Å². The molecule has 2 aliphatic rings. The van der Waals surface area contributed by atoms with Gasteiger partial charge in [0.2, 0.25) is 6.08 Å². The molecule has 4 aromatic rings. The Bertz CT molecular complexity index is 1680. The molecule has 2 fully saturated rings. The van der Waals surface area contributed by atoms with Crippen LogP contribution in [0.5, 0.6) is 0 Å². The van der Waals surface area contributed by atoms with E-state index in [1.54, 1.807) is 0 Å². The maximum Gasteiger partial charge on any atom is 0.319 e. The molecule has 2 heterocycles. The number of carbonyl (C=O) groups excluding carboxylic acids is 2. The van der Waals surface area contributed by atoms with Gasteiger partial charge in [-0.15, -0.1) is 12.4 Å². The molecule has 0 aliphatic carbocycles. The van der Waals surface area contributed by atoms with Crippen LogP contribution >= 0.6 is 12.4 Å². The quantitative estimate of drug-likeness (QED) is 0.0889. The molecule has 4 N–H and O–H groups in total. The number of isocyanates is 1. The van der Waals surface area contributed by atoms with Crippen LogP contribution in [0.1, 0.15) is 51.7 Å². The molecule has 2 unspecified atom stereocenters. The van der Waals surface area contributed by atoms with Crippen molar-refractivity contribution in [2.24, 2.45) is 4.99 Å². The second kappa shape index (κ2) is 22.9. The predicted molar refractivity (Wildman–Crippen MR) is 236 cm³/mol. The fraction of sp³-hybridized carbons (Fsp3) is 0.409. The van der Waals surface area contributed by atoms with Gasteiger partial charge in [0.15, 0.2) is 0 Å². The van der Waals surface area contributed by atoms with E-state index in [0.29, 0.717) is 0 Å². The number of nitrogens with two attached hydrogens (primary N) is 1. The van der Waals surface area contributed by atoms with Crippen molar-refractivity contribution in [3.8, 4) is 0 Å². The van der Waals surface area contributed by atoms with Crippen molar-refractivity contribution in [3.63, 3.8) is 0 Å². The maximum atomic E-state index is 11.9. The standard InChI is InChI=1S/C22H30N4O.C17H21N3.C5H9NO.ClH/c1-4-18(3)23-22(27)24-19-7-11-21(12-8-19)26-15-13-25(14-16-26)20-9-5-17(2)6-10-20;1-14-2-6-16(7-3-14)19-10-12-20(13-11-19)17-8-4-15(18)5-9-17;1-3-5(2)6-4-7;/h5-12,18H,4,13-16H2,1-3H3,(H2,23,24,27);2-9H,10-13,18H2,1H3;5H,3H2,1-2H3;1H. The number of aliphatic imine (C=N–C) groups is 1. The molecule has 0 bridgehead atoms. The maximum absolute atomic E-state index is 11.9. The number of rotatable bonds is 9. The number of hydrogen-bond acceptors (Lipinski definition) is 8. The molecule has 55 heavy (non-hydrogen) atoms. The molecule has 0 saturated carbocycles. The van der Waals surface area contributed by atoms with Gasteiger partial charge in [0.05, 0.1) is 6.04 Å². The lowest BCUT2D eigenvalue weighted by atomic mass is 10.2. The molecule has 0 spiro atoms. The zero-order valence-corrected chi connectivity index (χ0v) is 34.3. The molecule has 0 radical (unpaired) electrons. The monoisotopic (exact) mass is 768 g/mol. The number of nitrogens with zero attached hydrogens (tertiary/aromatic N) is 5. The van der Waals surface area contributed by atoms with E-state index < -0.39 is 0 Å². The Morgan fingerprint density at radius 3 is 1.29 bits per heavy atom. The summed E-state index contributed by atoms with van der Waals surface area (Å²) in [4.78, 5) is 34.5. The Balaban J connectivity index is 0.000000255. The van der Waals surface area contributed by atoms with Gasteiger partial charge in [0, 0.05) is 92.5 Å². The predicted octanol–water partition coefficient (Wildman–Crippen LogP) is 8.69. The fourth-order valence-electron chi connectivity index (χ4n) is 6.07. The fourth-order valence-corrected chi connectivity index (χ4v) is 6.07. The first-order chi connectivity index (χ1) is 26.1. The number of hydrogen-bond donors (Lipinski definition) is 3. The van der Waals surface area contributed by atoms with E-state index in [1.165, 1.54) is 40.0 Å². The van der Waals surface area contributed by atoms with E-state index >= 15 is 0 Å². The zero-order chi connectivity index (χ0) is 38.9. The number of halogens is 1. The molecule has 296 valence electrons. The van der Waals surface area contributed by atoms with Crippen LogP contribution in [0.4, 0.5) is 38.9 Å². The third kappa shape index (κ3) is 14.5. The summed E-state index contributed by atoms with van der Waals surface area (Å²) in [6, 6.07) is 34.0. The van der Waals surface area contributed by atoms with E-state index in [0.717, 1.165) is 76.6 Å². The second-order valence-electron chi connectivity index (χ2n) is 14.1. The highest BCUT2D eigenvalue weighted by Gasteiger charge is 2.19. The van der Waals surface area contributed by atoms with Crippen LogP contribution in [0.2, 0.25) is 0 Å². The molecule has 2 aliphatic heterocycles. The number of nitrogen functional groups attached to an aromatic ring is 1. The third-order valence-corrected chi connectivity index (χ3v) is 9.96. The molecule has 0 aromatic heterocycles. The van der Waals surface area contributed by atoms with Crippen molar-refractivity contribution in [1.82, 2.24) is 5.32 Å². The average Bonchev–Trinajstić information content (AvgIpc) is 3.20. The van der Waals surface area contributed by atoms with Crippen molar-refractivity contribution in [2.45, 2.75) is 66.5 Å². The van der Waals surface area contributed by atoms with Gasteiger partial charge in [-0.3, -0.25) is 0 Å². The highest BCUT2D eigenvalue weighted by molar-refractivity contribution is 5.89. The summed E-state index contributed by atoms with van der Waals surface area (Å²) in [5.74, 6) is 0. The van der Waals surface area contributed by atoms with Crippen LogP contribution in [0.3, 0.4) is 0 Å². The molecule has 11 heteroatoms. The lowest BCUT2D eigenvalue weighted by Gasteiger charge is -2.37. The lowest BCUT2D eigenvalue weighted by Crippen LogP contribution is -2.46. The number of anilines is 6. The summed E-state index contributed by atoms with van der Waals surface area (Å²) in [6.07, 6.45) is 3.32. The summed E-state index contributed by atoms with van der Waals surface area (Å²) < 4.78 is 0. The molecule has 2 atom stereocenters. The van der Waals surface area contributed by atoms with E-state index in [9.17, 15) is 9.59 Å². The van der Waals surface area contributed by atoms with Crippen LogP contribution in [0.15, 0.2) is 102 Å². The van der Waals surface area contributed by atoms with Crippen molar-refractivity contribution >= 4 is 58.6 Å². The number of nitrogens with one attached hydrogen (secondary N) is 2. The van der Waals surface area contributed by atoms with E-state index in [2.05, 4.69) is 129 Å². The topological polar surface area (TPSA) is 110 Å². The minimum atomic E-state index is -0.149. The highest BCUT2D eigenvalue weighted by Crippen LogP contribution is 2.24. The van der Waals surface area contributed by atoms with Gasteiger partial charge < -0.3 is 36.0 Å². The average molecular weight is 769 g/mol. The minimum absolute atomic E-state index is 0. The molecule has 10 nitrogen and oxygen atoms in total. The van der Waals surface area contributed by atoms with Crippen LogP contribution in [-0.2, 0) is 4.79 Å². The first-order valence-corrected chi connectivity index (χ1v) is 19.3. The summed E-state index contributed by atoms with van der Waals surface area (Å²) in [6.45, 7) is 20.4. The SMILES string of the molecule is CCC(C)N=C=O.CCC(C)NC(=O)Nc1ccc(N2CCN(c3ccc(C)cc3)CC2)cc1.Cc1ccc(N2CCN(c3ccc(N)cc3)CC2)cc1.Cl. The van der Waals surface area contributed by atoms with Crippen molar-refractivity contribution in [2.75, 3.05) is 83.0 Å². The number of aryl methyl sites for hydroxylation is 2. The smallest absolute Gasteiger partial charge is 0.319 e. The number of urea groups is 1. The van der Waals surface area contributed by atoms with Crippen molar-refractivity contribution < 1.29 is 9.59 Å². The van der Waals surface area contributed by atoms with Gasteiger partial charge in [-0.05, 0) is 113 Å². The molecular weight excluding hydrogens is 708 g/mol. The highest BCUT2D eigenvalue weighted by atomic mass is 35.5. The van der Waals surface area contributed by atoms with E-state index in [-0.39, 0.29) is 30.5 Å². The second-order valence-corrected chi connectivity index (χ2v) is 14.1. The van der Waals surface area contributed by atoms with Crippen LogP contribution in [0.25, 0.3) is 0 Å². The van der Waals surface area contributed by atoms with Gasteiger partial charge in [0.25, 0.3) is 0 Å². The van der Waals surface area contributed by atoms with E-state index in [1.807, 2.05) is 45.0 Å². The molecule has 2 saturated heterocycles. The largest absolute Gasteiger partial charge is 0.399 e. The summed E-state index contributed by atoms with van der Waals surface area (Å²) in [5.41, 5.74) is 15.1. The van der Waals surface area contributed by atoms with Gasteiger partial charge in [-0.25, -0.2) is 14.6 Å². The summed E-state index contributed by atoms with van der Waals surface area (Å²) >= 11 is 0.